The molecule has 0 aromatic heterocycles. The van der Waals surface area contributed by atoms with Crippen molar-refractivity contribution in [3.63, 3.8) is 0 Å². The van der Waals surface area contributed by atoms with Gasteiger partial charge in [-0.1, -0.05) is 17.7 Å². The Hall–Kier alpha value is -2.20. The fraction of sp³-hybridized carbons (Fsp3) is 0.333. The first-order valence-corrected chi connectivity index (χ1v) is 7.59. The highest BCUT2D eigenvalue weighted by Crippen LogP contribution is 2.26. The Bertz CT molecular complexity index is 635. The second-order valence-electron chi connectivity index (χ2n) is 5.31. The maximum atomic E-state index is 9.11. The number of aryl methyl sites for hydroxylation is 2. The number of azo groups is 1. The van der Waals surface area contributed by atoms with Crippen LogP contribution in [0.3, 0.4) is 0 Å². The predicted molar refractivity (Wildman–Crippen MR) is 91.5 cm³/mol. The van der Waals surface area contributed by atoms with Gasteiger partial charge in [0.25, 0.3) is 0 Å². The van der Waals surface area contributed by atoms with E-state index in [1.807, 2.05) is 43.3 Å². The van der Waals surface area contributed by atoms with E-state index in [0.29, 0.717) is 6.54 Å². The van der Waals surface area contributed by atoms with Crippen LogP contribution in [-0.2, 0) is 0 Å². The molecule has 2 rings (SSSR count). The minimum Gasteiger partial charge on any atom is -0.395 e. The van der Waals surface area contributed by atoms with E-state index in [2.05, 4.69) is 35.0 Å². The highest BCUT2D eigenvalue weighted by molar-refractivity contribution is 5.57. The fourth-order valence-corrected chi connectivity index (χ4v) is 2.26. The van der Waals surface area contributed by atoms with Crippen LogP contribution in [0.1, 0.15) is 18.1 Å². The van der Waals surface area contributed by atoms with Gasteiger partial charge in [-0.2, -0.15) is 10.2 Å². The van der Waals surface area contributed by atoms with Crippen LogP contribution < -0.4 is 4.90 Å². The molecular weight excluding hydrogens is 274 g/mol. The normalized spacial score (nSPS) is 11.1. The average molecular weight is 297 g/mol. The zero-order valence-electron chi connectivity index (χ0n) is 13.5. The van der Waals surface area contributed by atoms with E-state index in [4.69, 9.17) is 5.11 Å². The zero-order chi connectivity index (χ0) is 15.9. The van der Waals surface area contributed by atoms with Gasteiger partial charge in [-0.05, 0) is 56.7 Å². The number of aliphatic hydroxyl groups excluding tert-OH is 1. The van der Waals surface area contributed by atoms with Crippen LogP contribution in [0.5, 0.6) is 0 Å². The lowest BCUT2D eigenvalue weighted by atomic mass is 10.1. The molecule has 116 valence electrons. The maximum Gasteiger partial charge on any atom is 0.0887 e. The van der Waals surface area contributed by atoms with Gasteiger partial charge in [0.05, 0.1) is 18.0 Å². The van der Waals surface area contributed by atoms with Gasteiger partial charge < -0.3 is 10.0 Å². The smallest absolute Gasteiger partial charge is 0.0887 e. The van der Waals surface area contributed by atoms with Crippen LogP contribution in [0, 0.1) is 13.8 Å². The molecule has 0 saturated carbocycles. The summed E-state index contributed by atoms with van der Waals surface area (Å²) >= 11 is 0. The first-order chi connectivity index (χ1) is 10.6. The number of nitrogens with zero attached hydrogens (tertiary/aromatic N) is 3. The summed E-state index contributed by atoms with van der Waals surface area (Å²) in [5.74, 6) is 0. The lowest BCUT2D eigenvalue weighted by Gasteiger charge is -2.22. The van der Waals surface area contributed by atoms with Crippen LogP contribution in [0.4, 0.5) is 17.1 Å². The molecule has 2 aromatic rings. The predicted octanol–water partition coefficient (Wildman–Crippen LogP) is 4.54. The Labute approximate surface area is 132 Å². The van der Waals surface area contributed by atoms with Crippen molar-refractivity contribution in [2.24, 2.45) is 10.2 Å². The van der Waals surface area contributed by atoms with Gasteiger partial charge in [-0.25, -0.2) is 0 Å². The molecule has 0 heterocycles. The molecule has 0 aliphatic heterocycles. The molecule has 0 unspecified atom stereocenters. The van der Waals surface area contributed by atoms with Crippen molar-refractivity contribution >= 4 is 17.1 Å². The first-order valence-electron chi connectivity index (χ1n) is 7.59. The molecule has 4 nitrogen and oxygen atoms in total. The average Bonchev–Trinajstić information content (AvgIpc) is 2.53. The molecule has 0 fully saturated rings. The van der Waals surface area contributed by atoms with E-state index >= 15 is 0 Å². The van der Waals surface area contributed by atoms with Crippen LogP contribution in [0.25, 0.3) is 0 Å². The highest BCUT2D eigenvalue weighted by atomic mass is 16.3. The first kappa shape index (κ1) is 16.2. The summed E-state index contributed by atoms with van der Waals surface area (Å²) in [4.78, 5) is 2.13. The molecular formula is C18H23N3O. The van der Waals surface area contributed by atoms with Crippen molar-refractivity contribution in [1.29, 1.82) is 0 Å². The standard InChI is InChI=1S/C18H23N3O/c1-4-21(11-12-22)17-9-10-18(15(3)13-17)20-19-16-7-5-14(2)6-8-16/h5-10,13,22H,4,11-12H2,1-3H3. The molecule has 0 saturated heterocycles. The topological polar surface area (TPSA) is 48.2 Å². The summed E-state index contributed by atoms with van der Waals surface area (Å²) in [6.45, 7) is 7.82. The molecule has 0 aliphatic carbocycles. The highest BCUT2D eigenvalue weighted by Gasteiger charge is 2.05. The monoisotopic (exact) mass is 297 g/mol. The molecule has 0 radical (unpaired) electrons. The Morgan fingerprint density at radius 1 is 1.00 bits per heavy atom. The molecule has 22 heavy (non-hydrogen) atoms. The van der Waals surface area contributed by atoms with E-state index in [9.17, 15) is 0 Å². The summed E-state index contributed by atoms with van der Waals surface area (Å²) < 4.78 is 0. The van der Waals surface area contributed by atoms with Crippen LogP contribution >= 0.6 is 0 Å². The van der Waals surface area contributed by atoms with Gasteiger partial charge in [0.1, 0.15) is 0 Å². The summed E-state index contributed by atoms with van der Waals surface area (Å²) in [7, 11) is 0. The molecule has 0 amide bonds. The van der Waals surface area contributed by atoms with Gasteiger partial charge in [0.15, 0.2) is 0 Å². The number of hydrogen-bond acceptors (Lipinski definition) is 4. The van der Waals surface area contributed by atoms with E-state index in [-0.39, 0.29) is 6.61 Å². The number of rotatable bonds is 6. The van der Waals surface area contributed by atoms with E-state index in [1.54, 1.807) is 0 Å². The molecule has 0 spiro atoms. The number of benzene rings is 2. The third-order valence-electron chi connectivity index (χ3n) is 3.60. The van der Waals surface area contributed by atoms with Crippen LogP contribution in [0.15, 0.2) is 52.7 Å². The SMILES string of the molecule is CCN(CCO)c1ccc(N=Nc2ccc(C)cc2)c(C)c1. The summed E-state index contributed by atoms with van der Waals surface area (Å²) in [5, 5.41) is 17.7. The fourth-order valence-electron chi connectivity index (χ4n) is 2.26. The lowest BCUT2D eigenvalue weighted by molar-refractivity contribution is 0.302. The lowest BCUT2D eigenvalue weighted by Crippen LogP contribution is -2.26. The van der Waals surface area contributed by atoms with E-state index < -0.39 is 0 Å². The third kappa shape index (κ3) is 4.15. The van der Waals surface area contributed by atoms with Crippen molar-refractivity contribution in [1.82, 2.24) is 0 Å². The number of likely N-dealkylation sites (N-methyl/N-ethyl adjacent to an activating group) is 1. The Balaban J connectivity index is 2.17. The van der Waals surface area contributed by atoms with Gasteiger partial charge in [0.2, 0.25) is 0 Å². The molecule has 0 aliphatic rings. The van der Waals surface area contributed by atoms with Crippen LogP contribution in [-0.4, -0.2) is 24.8 Å². The Morgan fingerprint density at radius 2 is 1.73 bits per heavy atom. The quantitative estimate of drug-likeness (QED) is 0.796. The maximum absolute atomic E-state index is 9.11. The minimum atomic E-state index is 0.155. The number of anilines is 1. The molecule has 0 bridgehead atoms. The zero-order valence-corrected chi connectivity index (χ0v) is 13.5. The van der Waals surface area contributed by atoms with Crippen molar-refractivity contribution in [2.45, 2.75) is 20.8 Å². The largest absolute Gasteiger partial charge is 0.395 e. The van der Waals surface area contributed by atoms with Gasteiger partial charge >= 0.3 is 0 Å². The summed E-state index contributed by atoms with van der Waals surface area (Å²) in [6, 6.07) is 14.1. The van der Waals surface area contributed by atoms with Crippen molar-refractivity contribution in [3.8, 4) is 0 Å². The molecule has 4 heteroatoms. The summed E-state index contributed by atoms with van der Waals surface area (Å²) in [5.41, 5.74) is 5.10. The Morgan fingerprint density at radius 3 is 2.32 bits per heavy atom. The second-order valence-corrected chi connectivity index (χ2v) is 5.31. The van der Waals surface area contributed by atoms with Gasteiger partial charge in [0, 0.05) is 18.8 Å². The second kappa shape index (κ2) is 7.71. The molecule has 1 N–H and O–H groups in total. The minimum absolute atomic E-state index is 0.155. The van der Waals surface area contributed by atoms with Crippen LogP contribution in [0.2, 0.25) is 0 Å². The summed E-state index contributed by atoms with van der Waals surface area (Å²) in [6.07, 6.45) is 0. The van der Waals surface area contributed by atoms with E-state index in [1.165, 1.54) is 5.56 Å². The van der Waals surface area contributed by atoms with Crippen molar-refractivity contribution < 1.29 is 5.11 Å². The van der Waals surface area contributed by atoms with E-state index in [0.717, 1.165) is 29.2 Å². The third-order valence-corrected chi connectivity index (χ3v) is 3.60. The van der Waals surface area contributed by atoms with Gasteiger partial charge in [-0.15, -0.1) is 0 Å². The Kier molecular flexibility index (Phi) is 5.67. The van der Waals surface area contributed by atoms with Crippen molar-refractivity contribution in [3.05, 3.63) is 53.6 Å². The van der Waals surface area contributed by atoms with Crippen molar-refractivity contribution in [2.75, 3.05) is 24.6 Å². The van der Waals surface area contributed by atoms with Gasteiger partial charge in [-0.3, -0.25) is 0 Å². The number of hydrogen-bond donors (Lipinski definition) is 1. The molecule has 2 aromatic carbocycles. The number of aliphatic hydroxyl groups is 1. The molecule has 0 atom stereocenters.